The monoisotopic (exact) mass is 347 g/mol. The minimum atomic E-state index is -3.73. The van der Waals surface area contributed by atoms with Gasteiger partial charge in [0, 0.05) is 6.21 Å². The van der Waals surface area contributed by atoms with Crippen LogP contribution in [0.1, 0.15) is 25.0 Å². The zero-order chi connectivity index (χ0) is 17.7. The van der Waals surface area contributed by atoms with E-state index in [1.807, 2.05) is 20.8 Å². The molecule has 0 aliphatic carbocycles. The molecule has 0 atom stereocenters. The van der Waals surface area contributed by atoms with Crippen LogP contribution in [0.4, 0.5) is 0 Å². The fourth-order valence-corrected chi connectivity index (χ4v) is 2.88. The number of methoxy groups -OCH3 is 1. The summed E-state index contributed by atoms with van der Waals surface area (Å²) in [6.45, 7) is 5.73. The van der Waals surface area contributed by atoms with Gasteiger partial charge in [-0.2, -0.15) is 12.8 Å². The van der Waals surface area contributed by atoms with Crippen LogP contribution in [0.15, 0.2) is 51.8 Å². The molecule has 0 unspecified atom stereocenters. The van der Waals surface area contributed by atoms with Crippen molar-refractivity contribution < 1.29 is 17.9 Å². The van der Waals surface area contributed by atoms with Crippen molar-refractivity contribution in [3.63, 3.8) is 0 Å². The summed E-state index contributed by atoms with van der Waals surface area (Å²) in [7, 11) is -2.19. The molecule has 2 aromatic carbocycles. The van der Waals surface area contributed by atoms with Crippen LogP contribution in [0.3, 0.4) is 0 Å². The molecule has 0 saturated heterocycles. The van der Waals surface area contributed by atoms with Crippen LogP contribution in [0.25, 0.3) is 0 Å². The maximum Gasteiger partial charge on any atom is 0.282 e. The van der Waals surface area contributed by atoms with Crippen LogP contribution in [-0.4, -0.2) is 27.8 Å². The molecular weight excluding hydrogens is 326 g/mol. The Morgan fingerprint density at radius 1 is 1.04 bits per heavy atom. The van der Waals surface area contributed by atoms with Gasteiger partial charge in [0.15, 0.2) is 11.5 Å². The molecule has 0 aromatic heterocycles. The van der Waals surface area contributed by atoms with Crippen LogP contribution in [0.5, 0.6) is 11.5 Å². The molecule has 2 rings (SSSR count). The van der Waals surface area contributed by atoms with Gasteiger partial charge in [-0.3, -0.25) is 0 Å². The molecular formula is C18H21NO4S. The van der Waals surface area contributed by atoms with Gasteiger partial charge in [-0.05, 0) is 56.7 Å². The largest absolute Gasteiger partial charge is 0.493 e. The molecule has 6 heteroatoms. The summed E-state index contributed by atoms with van der Waals surface area (Å²) in [5.74, 6) is 1.13. The van der Waals surface area contributed by atoms with Gasteiger partial charge in [0.2, 0.25) is 0 Å². The normalized spacial score (nSPS) is 11.9. The lowest BCUT2D eigenvalue weighted by molar-refractivity contribution is 0.230. The third-order valence-corrected chi connectivity index (χ3v) is 4.46. The second-order valence-electron chi connectivity index (χ2n) is 5.60. The van der Waals surface area contributed by atoms with Crippen LogP contribution in [0.2, 0.25) is 0 Å². The highest BCUT2D eigenvalue weighted by Crippen LogP contribution is 2.28. The first-order chi connectivity index (χ1) is 11.3. The number of benzene rings is 2. The Morgan fingerprint density at radius 2 is 1.71 bits per heavy atom. The first-order valence-electron chi connectivity index (χ1n) is 7.53. The first-order valence-corrected chi connectivity index (χ1v) is 8.97. The van der Waals surface area contributed by atoms with Crippen molar-refractivity contribution in [1.82, 2.24) is 0 Å². The topological polar surface area (TPSA) is 65.0 Å². The highest BCUT2D eigenvalue weighted by Gasteiger charge is 2.12. The molecule has 0 N–H and O–H groups in total. The summed E-state index contributed by atoms with van der Waals surface area (Å²) in [4.78, 5) is 0.163. The van der Waals surface area contributed by atoms with Crippen LogP contribution in [0, 0.1) is 6.92 Å². The van der Waals surface area contributed by atoms with Gasteiger partial charge in [0.05, 0.1) is 18.1 Å². The van der Waals surface area contributed by atoms with E-state index < -0.39 is 10.0 Å². The van der Waals surface area contributed by atoms with Crippen LogP contribution in [-0.2, 0) is 10.0 Å². The lowest BCUT2D eigenvalue weighted by Crippen LogP contribution is -2.06. The van der Waals surface area contributed by atoms with Crippen molar-refractivity contribution in [2.75, 3.05) is 7.11 Å². The predicted octanol–water partition coefficient (Wildman–Crippen LogP) is 3.60. The molecule has 128 valence electrons. The molecule has 5 nitrogen and oxygen atoms in total. The SMILES string of the molecule is COc1cc(/C=N/S(=O)(=O)c2ccc(C)cc2)ccc1OC(C)C. The van der Waals surface area contributed by atoms with E-state index in [0.717, 1.165) is 5.56 Å². The van der Waals surface area contributed by atoms with E-state index in [9.17, 15) is 8.42 Å². The summed E-state index contributed by atoms with van der Waals surface area (Å²) in [6, 6.07) is 11.7. The standard InChI is InChI=1S/C18H21NO4S/c1-13(2)23-17-10-7-15(11-18(17)22-4)12-19-24(20,21)16-8-5-14(3)6-9-16/h5-13H,1-4H3/b19-12+. The quantitative estimate of drug-likeness (QED) is 0.749. The number of hydrogen-bond donors (Lipinski definition) is 0. The van der Waals surface area contributed by atoms with E-state index in [4.69, 9.17) is 9.47 Å². The van der Waals surface area contributed by atoms with Gasteiger partial charge in [-0.1, -0.05) is 17.7 Å². The molecule has 0 saturated carbocycles. The summed E-state index contributed by atoms with van der Waals surface area (Å²) >= 11 is 0. The van der Waals surface area contributed by atoms with Gasteiger partial charge < -0.3 is 9.47 Å². The van der Waals surface area contributed by atoms with Gasteiger partial charge >= 0.3 is 0 Å². The summed E-state index contributed by atoms with van der Waals surface area (Å²) in [5, 5.41) is 0. The Bertz CT molecular complexity index is 825. The van der Waals surface area contributed by atoms with E-state index in [-0.39, 0.29) is 11.0 Å². The third-order valence-electron chi connectivity index (χ3n) is 3.21. The second kappa shape index (κ2) is 7.49. The Balaban J connectivity index is 2.26. The van der Waals surface area contributed by atoms with Crippen molar-refractivity contribution in [3.8, 4) is 11.5 Å². The molecule has 24 heavy (non-hydrogen) atoms. The number of sulfonamides is 1. The van der Waals surface area contributed by atoms with E-state index >= 15 is 0 Å². The molecule has 0 radical (unpaired) electrons. The molecule has 0 fully saturated rings. The molecule has 0 aliphatic rings. The molecule has 0 spiro atoms. The molecule has 2 aromatic rings. The average Bonchev–Trinajstić information content (AvgIpc) is 2.54. The van der Waals surface area contributed by atoms with Gasteiger partial charge in [-0.25, -0.2) is 0 Å². The van der Waals surface area contributed by atoms with Crippen molar-refractivity contribution in [1.29, 1.82) is 0 Å². The number of aryl methyl sites for hydroxylation is 1. The third kappa shape index (κ3) is 4.58. The van der Waals surface area contributed by atoms with Crippen molar-refractivity contribution in [2.24, 2.45) is 4.40 Å². The first kappa shape index (κ1) is 18.0. The zero-order valence-corrected chi connectivity index (χ0v) is 15.0. The summed E-state index contributed by atoms with van der Waals surface area (Å²) in [6.07, 6.45) is 1.32. The predicted molar refractivity (Wildman–Crippen MR) is 94.7 cm³/mol. The summed E-state index contributed by atoms with van der Waals surface area (Å²) < 4.78 is 39.1. The van der Waals surface area contributed by atoms with E-state index in [0.29, 0.717) is 17.1 Å². The summed E-state index contributed by atoms with van der Waals surface area (Å²) in [5.41, 5.74) is 1.60. The zero-order valence-electron chi connectivity index (χ0n) is 14.2. The molecule has 0 heterocycles. The Kier molecular flexibility index (Phi) is 5.62. The fraction of sp³-hybridized carbons (Fsp3) is 0.278. The number of rotatable bonds is 6. The van der Waals surface area contributed by atoms with Crippen molar-refractivity contribution >= 4 is 16.2 Å². The Labute approximate surface area is 143 Å². The van der Waals surface area contributed by atoms with E-state index in [1.165, 1.54) is 13.3 Å². The van der Waals surface area contributed by atoms with Gasteiger partial charge in [0.1, 0.15) is 0 Å². The lowest BCUT2D eigenvalue weighted by Gasteiger charge is -2.13. The number of hydrogen-bond acceptors (Lipinski definition) is 4. The fourth-order valence-electron chi connectivity index (χ4n) is 2.02. The minimum absolute atomic E-state index is 0.0142. The van der Waals surface area contributed by atoms with Crippen LogP contribution < -0.4 is 9.47 Å². The van der Waals surface area contributed by atoms with E-state index in [2.05, 4.69) is 4.40 Å². The second-order valence-corrected chi connectivity index (χ2v) is 7.23. The van der Waals surface area contributed by atoms with Crippen molar-refractivity contribution in [3.05, 3.63) is 53.6 Å². The highest BCUT2D eigenvalue weighted by atomic mass is 32.2. The van der Waals surface area contributed by atoms with Gasteiger partial charge in [0.25, 0.3) is 10.0 Å². The molecule has 0 bridgehead atoms. The Morgan fingerprint density at radius 3 is 2.29 bits per heavy atom. The number of ether oxygens (including phenoxy) is 2. The average molecular weight is 347 g/mol. The molecule has 0 amide bonds. The Hall–Kier alpha value is -2.34. The van der Waals surface area contributed by atoms with Gasteiger partial charge in [-0.15, -0.1) is 0 Å². The van der Waals surface area contributed by atoms with Crippen molar-refractivity contribution in [2.45, 2.75) is 31.8 Å². The van der Waals surface area contributed by atoms with Crippen LogP contribution >= 0.6 is 0 Å². The minimum Gasteiger partial charge on any atom is -0.493 e. The lowest BCUT2D eigenvalue weighted by atomic mass is 10.2. The molecule has 0 aliphatic heterocycles. The maximum absolute atomic E-state index is 12.2. The number of nitrogens with zero attached hydrogens (tertiary/aromatic N) is 1. The smallest absolute Gasteiger partial charge is 0.282 e. The highest BCUT2D eigenvalue weighted by molar-refractivity contribution is 7.90. The maximum atomic E-state index is 12.2. The van der Waals surface area contributed by atoms with E-state index in [1.54, 1.807) is 42.5 Å².